The van der Waals surface area contributed by atoms with Crippen molar-refractivity contribution in [2.75, 3.05) is 31.5 Å². The van der Waals surface area contributed by atoms with E-state index in [-0.39, 0.29) is 6.09 Å². The fourth-order valence-electron chi connectivity index (χ4n) is 2.75. The summed E-state index contributed by atoms with van der Waals surface area (Å²) in [6.07, 6.45) is 1.74. The number of halogens is 2. The minimum atomic E-state index is -0.460. The van der Waals surface area contributed by atoms with Crippen LogP contribution < -0.4 is 10.6 Å². The number of carbonyl (C=O) groups excluding carboxylic acids is 1. The second-order valence-corrected chi connectivity index (χ2v) is 8.13. The van der Waals surface area contributed by atoms with Gasteiger partial charge < -0.3 is 20.3 Å². The summed E-state index contributed by atoms with van der Waals surface area (Å²) in [4.78, 5) is 14.0. The Bertz CT molecular complexity index is 582. The maximum atomic E-state index is 11.6. The van der Waals surface area contributed by atoms with Gasteiger partial charge in [0, 0.05) is 37.9 Å². The van der Waals surface area contributed by atoms with Crippen LogP contribution in [0.1, 0.15) is 33.6 Å². The first-order valence-corrected chi connectivity index (χ1v) is 9.39. The summed E-state index contributed by atoms with van der Waals surface area (Å²) in [7, 11) is 0. The van der Waals surface area contributed by atoms with Crippen LogP contribution in [0.25, 0.3) is 0 Å². The molecule has 0 unspecified atom stereocenters. The summed E-state index contributed by atoms with van der Waals surface area (Å²) in [6.45, 7) is 9.00. The summed E-state index contributed by atoms with van der Waals surface area (Å²) in [5, 5.41) is 7.45. The van der Waals surface area contributed by atoms with Crippen LogP contribution >= 0.6 is 23.2 Å². The van der Waals surface area contributed by atoms with Gasteiger partial charge in [-0.25, -0.2) is 4.79 Å². The third-order valence-corrected chi connectivity index (χ3v) is 4.71. The van der Waals surface area contributed by atoms with E-state index in [1.807, 2.05) is 39.0 Å². The van der Waals surface area contributed by atoms with E-state index in [2.05, 4.69) is 15.5 Å². The van der Waals surface area contributed by atoms with Crippen molar-refractivity contribution in [2.45, 2.75) is 45.3 Å². The molecule has 1 fully saturated rings. The molecule has 1 aliphatic rings. The summed E-state index contributed by atoms with van der Waals surface area (Å²) in [5.74, 6) is 0. The zero-order chi connectivity index (χ0) is 18.4. The molecule has 7 heteroatoms. The number of piperidine rings is 1. The smallest absolute Gasteiger partial charge is 0.407 e. The molecule has 140 valence electrons. The predicted octanol–water partition coefficient (Wildman–Crippen LogP) is 4.39. The molecule has 0 spiro atoms. The van der Waals surface area contributed by atoms with Crippen LogP contribution in [-0.2, 0) is 4.74 Å². The molecule has 1 aromatic rings. The Balaban J connectivity index is 1.66. The van der Waals surface area contributed by atoms with Crippen molar-refractivity contribution in [1.29, 1.82) is 0 Å². The minimum Gasteiger partial charge on any atom is -0.444 e. The van der Waals surface area contributed by atoms with E-state index in [4.69, 9.17) is 27.9 Å². The van der Waals surface area contributed by atoms with Crippen molar-refractivity contribution in [3.8, 4) is 0 Å². The molecular formula is C18H27Cl2N3O2. The Labute approximate surface area is 160 Å². The van der Waals surface area contributed by atoms with Gasteiger partial charge in [-0.1, -0.05) is 23.2 Å². The molecule has 2 N–H and O–H groups in total. The SMILES string of the molecule is CC(C)(C)OC(=O)NCCN1CCC(Nc2ccc(Cl)c(Cl)c2)CC1. The van der Waals surface area contributed by atoms with Crippen molar-refractivity contribution < 1.29 is 9.53 Å². The Morgan fingerprint density at radius 1 is 1.24 bits per heavy atom. The average Bonchev–Trinajstić information content (AvgIpc) is 2.51. The number of nitrogens with zero attached hydrogens (tertiary/aromatic N) is 1. The number of anilines is 1. The monoisotopic (exact) mass is 387 g/mol. The summed E-state index contributed by atoms with van der Waals surface area (Å²) < 4.78 is 5.23. The van der Waals surface area contributed by atoms with Crippen molar-refractivity contribution >= 4 is 35.0 Å². The Morgan fingerprint density at radius 3 is 2.52 bits per heavy atom. The molecule has 1 aliphatic heterocycles. The summed E-state index contributed by atoms with van der Waals surface area (Å²) in [5.41, 5.74) is 0.540. The number of hydrogen-bond donors (Lipinski definition) is 2. The lowest BCUT2D eigenvalue weighted by molar-refractivity contribution is 0.0520. The van der Waals surface area contributed by atoms with E-state index in [1.54, 1.807) is 0 Å². The van der Waals surface area contributed by atoms with Crippen molar-refractivity contribution in [1.82, 2.24) is 10.2 Å². The molecule has 0 saturated carbocycles. The van der Waals surface area contributed by atoms with E-state index < -0.39 is 5.60 Å². The summed E-state index contributed by atoms with van der Waals surface area (Å²) >= 11 is 12.0. The van der Waals surface area contributed by atoms with Crippen molar-refractivity contribution in [3.05, 3.63) is 28.2 Å². The topological polar surface area (TPSA) is 53.6 Å². The lowest BCUT2D eigenvalue weighted by Gasteiger charge is -2.33. The number of amides is 1. The van der Waals surface area contributed by atoms with Crippen LogP contribution in [0.4, 0.5) is 10.5 Å². The predicted molar refractivity (Wildman–Crippen MR) is 104 cm³/mol. The second kappa shape index (κ2) is 8.97. The van der Waals surface area contributed by atoms with Gasteiger partial charge in [0.1, 0.15) is 5.60 Å². The fraction of sp³-hybridized carbons (Fsp3) is 0.611. The van der Waals surface area contributed by atoms with Gasteiger partial charge in [-0.2, -0.15) is 0 Å². The van der Waals surface area contributed by atoms with E-state index in [0.29, 0.717) is 22.6 Å². The van der Waals surface area contributed by atoms with Crippen molar-refractivity contribution in [2.24, 2.45) is 0 Å². The minimum absolute atomic E-state index is 0.358. The molecule has 0 atom stereocenters. The van der Waals surface area contributed by atoms with Gasteiger partial charge in [0.05, 0.1) is 10.0 Å². The molecule has 1 amide bonds. The van der Waals surface area contributed by atoms with Gasteiger partial charge in [-0.15, -0.1) is 0 Å². The van der Waals surface area contributed by atoms with Crippen LogP contribution in [0.2, 0.25) is 10.0 Å². The number of rotatable bonds is 5. The molecule has 25 heavy (non-hydrogen) atoms. The first kappa shape index (κ1) is 20.1. The largest absolute Gasteiger partial charge is 0.444 e. The Hall–Kier alpha value is -1.17. The van der Waals surface area contributed by atoms with Crippen molar-refractivity contribution in [3.63, 3.8) is 0 Å². The molecular weight excluding hydrogens is 361 g/mol. The highest BCUT2D eigenvalue weighted by Gasteiger charge is 2.20. The van der Waals surface area contributed by atoms with E-state index in [0.717, 1.165) is 38.2 Å². The van der Waals surface area contributed by atoms with Crippen LogP contribution in [-0.4, -0.2) is 48.8 Å². The molecule has 1 saturated heterocycles. The second-order valence-electron chi connectivity index (χ2n) is 7.32. The van der Waals surface area contributed by atoms with E-state index in [9.17, 15) is 4.79 Å². The first-order valence-electron chi connectivity index (χ1n) is 8.64. The highest BCUT2D eigenvalue weighted by Crippen LogP contribution is 2.26. The molecule has 1 heterocycles. The standard InChI is InChI=1S/C18H27Cl2N3O2/c1-18(2,3)25-17(24)21-8-11-23-9-6-13(7-10-23)22-14-4-5-15(19)16(20)12-14/h4-5,12-13,22H,6-11H2,1-3H3,(H,21,24). The highest BCUT2D eigenvalue weighted by molar-refractivity contribution is 6.42. The first-order chi connectivity index (χ1) is 11.7. The number of carbonyl (C=O) groups is 1. The average molecular weight is 388 g/mol. The van der Waals surface area contributed by atoms with Gasteiger partial charge in [-0.3, -0.25) is 0 Å². The van der Waals surface area contributed by atoms with Crippen LogP contribution in [0.3, 0.4) is 0 Å². The van der Waals surface area contributed by atoms with E-state index in [1.165, 1.54) is 0 Å². The molecule has 0 aliphatic carbocycles. The maximum absolute atomic E-state index is 11.6. The molecule has 5 nitrogen and oxygen atoms in total. The van der Waals surface area contributed by atoms with Crippen LogP contribution in [0.15, 0.2) is 18.2 Å². The number of ether oxygens (including phenoxy) is 1. The third-order valence-electron chi connectivity index (χ3n) is 3.97. The third kappa shape index (κ3) is 7.30. The maximum Gasteiger partial charge on any atom is 0.407 e. The fourth-order valence-corrected chi connectivity index (χ4v) is 3.05. The Kier molecular flexibility index (Phi) is 7.23. The van der Waals surface area contributed by atoms with Crippen LogP contribution in [0, 0.1) is 0 Å². The number of hydrogen-bond acceptors (Lipinski definition) is 4. The normalized spacial score (nSPS) is 16.5. The summed E-state index contributed by atoms with van der Waals surface area (Å²) in [6, 6.07) is 6.04. The molecule has 2 rings (SSSR count). The van der Waals surface area contributed by atoms with Gasteiger partial charge in [0.15, 0.2) is 0 Å². The molecule has 0 radical (unpaired) electrons. The zero-order valence-corrected chi connectivity index (χ0v) is 16.6. The van der Waals surface area contributed by atoms with Gasteiger partial charge in [-0.05, 0) is 51.8 Å². The quantitative estimate of drug-likeness (QED) is 0.786. The van der Waals surface area contributed by atoms with Crippen LogP contribution in [0.5, 0.6) is 0 Å². The lowest BCUT2D eigenvalue weighted by atomic mass is 10.0. The number of likely N-dealkylation sites (tertiary alicyclic amines) is 1. The molecule has 0 aromatic heterocycles. The molecule has 1 aromatic carbocycles. The number of alkyl carbamates (subject to hydrolysis) is 1. The number of benzene rings is 1. The lowest BCUT2D eigenvalue weighted by Crippen LogP contribution is -2.43. The Morgan fingerprint density at radius 2 is 1.92 bits per heavy atom. The van der Waals surface area contributed by atoms with Gasteiger partial charge in [0.25, 0.3) is 0 Å². The van der Waals surface area contributed by atoms with E-state index >= 15 is 0 Å². The number of nitrogens with one attached hydrogen (secondary N) is 2. The molecule has 0 bridgehead atoms. The van der Waals surface area contributed by atoms with Gasteiger partial charge >= 0.3 is 6.09 Å². The van der Waals surface area contributed by atoms with Gasteiger partial charge in [0.2, 0.25) is 0 Å². The highest BCUT2D eigenvalue weighted by atomic mass is 35.5. The zero-order valence-electron chi connectivity index (χ0n) is 15.1.